The standard InChI is InChI=1S/C11H15O3/c1-3-14-10-5-4-9(6-7-12)8-11(10)13-2/h4-5,8H,3,6-7H2,1-2H3. The molecule has 3 heteroatoms. The van der Waals surface area contributed by atoms with E-state index in [0.717, 1.165) is 11.3 Å². The topological polar surface area (TPSA) is 38.4 Å². The molecule has 1 aromatic carbocycles. The average molecular weight is 195 g/mol. The lowest BCUT2D eigenvalue weighted by atomic mass is 10.1. The summed E-state index contributed by atoms with van der Waals surface area (Å²) < 4.78 is 10.5. The molecule has 0 spiro atoms. The van der Waals surface area contributed by atoms with Crippen molar-refractivity contribution >= 4 is 0 Å². The number of hydrogen-bond acceptors (Lipinski definition) is 2. The third-order valence-electron chi connectivity index (χ3n) is 1.92. The summed E-state index contributed by atoms with van der Waals surface area (Å²) in [5.74, 6) is 1.42. The van der Waals surface area contributed by atoms with E-state index >= 15 is 0 Å². The fourth-order valence-electron chi connectivity index (χ4n) is 1.26. The molecule has 0 fully saturated rings. The van der Waals surface area contributed by atoms with Crippen molar-refractivity contribution in [1.29, 1.82) is 0 Å². The maximum absolute atomic E-state index is 10.4. The first kappa shape index (κ1) is 10.9. The molecule has 0 bridgehead atoms. The maximum Gasteiger partial charge on any atom is 0.161 e. The number of benzene rings is 1. The quantitative estimate of drug-likeness (QED) is 0.721. The van der Waals surface area contributed by atoms with Crippen LogP contribution in [-0.4, -0.2) is 20.3 Å². The van der Waals surface area contributed by atoms with Crippen molar-refractivity contribution in [3.05, 3.63) is 23.8 Å². The molecule has 0 saturated carbocycles. The summed E-state index contributed by atoms with van der Waals surface area (Å²) in [4.78, 5) is 0. The van der Waals surface area contributed by atoms with Gasteiger partial charge in [0.2, 0.25) is 0 Å². The highest BCUT2D eigenvalue weighted by Crippen LogP contribution is 2.28. The average Bonchev–Trinajstić information content (AvgIpc) is 2.21. The van der Waals surface area contributed by atoms with Crippen molar-refractivity contribution in [3.63, 3.8) is 0 Å². The second-order valence-electron chi connectivity index (χ2n) is 2.87. The number of hydrogen-bond donors (Lipinski definition) is 0. The van der Waals surface area contributed by atoms with E-state index in [0.29, 0.717) is 18.8 Å². The van der Waals surface area contributed by atoms with E-state index in [1.54, 1.807) is 7.11 Å². The molecular weight excluding hydrogens is 180 g/mol. The van der Waals surface area contributed by atoms with Gasteiger partial charge in [0.05, 0.1) is 20.3 Å². The molecule has 0 amide bonds. The second kappa shape index (κ2) is 5.50. The Balaban J connectivity index is 2.87. The van der Waals surface area contributed by atoms with Gasteiger partial charge in [-0.3, -0.25) is 0 Å². The smallest absolute Gasteiger partial charge is 0.161 e. The second-order valence-corrected chi connectivity index (χ2v) is 2.87. The molecule has 0 aliphatic heterocycles. The molecule has 0 atom stereocenters. The van der Waals surface area contributed by atoms with E-state index < -0.39 is 0 Å². The number of methoxy groups -OCH3 is 1. The Hall–Kier alpha value is -1.22. The molecule has 1 radical (unpaired) electrons. The van der Waals surface area contributed by atoms with Gasteiger partial charge in [0.25, 0.3) is 0 Å². The first-order valence-corrected chi connectivity index (χ1v) is 4.69. The predicted molar refractivity (Wildman–Crippen MR) is 53.4 cm³/mol. The van der Waals surface area contributed by atoms with Crippen LogP contribution >= 0.6 is 0 Å². The Morgan fingerprint density at radius 1 is 1.29 bits per heavy atom. The van der Waals surface area contributed by atoms with Crippen LogP contribution in [0.15, 0.2) is 18.2 Å². The first-order chi connectivity index (χ1) is 6.81. The zero-order chi connectivity index (χ0) is 10.4. The van der Waals surface area contributed by atoms with Crippen LogP contribution in [0.2, 0.25) is 0 Å². The Morgan fingerprint density at radius 2 is 2.07 bits per heavy atom. The van der Waals surface area contributed by atoms with E-state index in [1.165, 1.54) is 0 Å². The summed E-state index contributed by atoms with van der Waals surface area (Å²) in [6, 6.07) is 5.58. The van der Waals surface area contributed by atoms with Gasteiger partial charge in [-0.2, -0.15) is 0 Å². The highest BCUT2D eigenvalue weighted by atomic mass is 16.5. The van der Waals surface area contributed by atoms with Crippen LogP contribution in [0.3, 0.4) is 0 Å². The lowest BCUT2D eigenvalue weighted by molar-refractivity contribution is 0.197. The van der Waals surface area contributed by atoms with Crippen LogP contribution < -0.4 is 9.47 Å². The number of ether oxygens (including phenoxy) is 2. The van der Waals surface area contributed by atoms with Gasteiger partial charge in [0.1, 0.15) is 0 Å². The van der Waals surface area contributed by atoms with Crippen LogP contribution in [0.4, 0.5) is 0 Å². The van der Waals surface area contributed by atoms with Gasteiger partial charge in [0.15, 0.2) is 11.5 Å². The molecule has 0 heterocycles. The Kier molecular flexibility index (Phi) is 4.26. The van der Waals surface area contributed by atoms with Gasteiger partial charge < -0.3 is 9.47 Å². The van der Waals surface area contributed by atoms with E-state index in [-0.39, 0.29) is 6.61 Å². The molecule has 14 heavy (non-hydrogen) atoms. The van der Waals surface area contributed by atoms with Crippen molar-refractivity contribution in [2.45, 2.75) is 13.3 Å². The van der Waals surface area contributed by atoms with Crippen LogP contribution in [0.5, 0.6) is 11.5 Å². The third kappa shape index (κ3) is 2.64. The Labute approximate surface area is 84.3 Å². The van der Waals surface area contributed by atoms with Crippen molar-refractivity contribution in [1.82, 2.24) is 0 Å². The molecule has 1 aromatic rings. The van der Waals surface area contributed by atoms with Crippen LogP contribution in [0.25, 0.3) is 0 Å². The zero-order valence-corrected chi connectivity index (χ0v) is 8.58. The Morgan fingerprint density at radius 3 is 2.64 bits per heavy atom. The molecule has 0 aliphatic rings. The van der Waals surface area contributed by atoms with Gasteiger partial charge in [0, 0.05) is 0 Å². The maximum atomic E-state index is 10.4. The molecule has 0 N–H and O–H groups in total. The lowest BCUT2D eigenvalue weighted by Gasteiger charge is -2.10. The monoisotopic (exact) mass is 195 g/mol. The van der Waals surface area contributed by atoms with Gasteiger partial charge in [-0.25, -0.2) is 5.11 Å². The molecule has 0 aliphatic carbocycles. The minimum Gasteiger partial charge on any atom is -0.493 e. The van der Waals surface area contributed by atoms with Gasteiger partial charge >= 0.3 is 0 Å². The van der Waals surface area contributed by atoms with Crippen LogP contribution in [0.1, 0.15) is 12.5 Å². The van der Waals surface area contributed by atoms with Crippen LogP contribution in [-0.2, 0) is 11.5 Å². The Bertz CT molecular complexity index is 284. The summed E-state index contributed by atoms with van der Waals surface area (Å²) in [5, 5.41) is 10.4. The summed E-state index contributed by atoms with van der Waals surface area (Å²) in [6.45, 7) is 2.43. The zero-order valence-electron chi connectivity index (χ0n) is 8.58. The highest BCUT2D eigenvalue weighted by Gasteiger charge is 2.04. The van der Waals surface area contributed by atoms with E-state index in [4.69, 9.17) is 9.47 Å². The van der Waals surface area contributed by atoms with Crippen molar-refractivity contribution in [2.75, 3.05) is 20.3 Å². The van der Waals surface area contributed by atoms with Crippen molar-refractivity contribution < 1.29 is 14.6 Å². The summed E-state index contributed by atoms with van der Waals surface area (Å²) in [7, 11) is 1.60. The highest BCUT2D eigenvalue weighted by molar-refractivity contribution is 5.42. The first-order valence-electron chi connectivity index (χ1n) is 4.69. The fourth-order valence-corrected chi connectivity index (χ4v) is 1.26. The molecule has 1 rings (SSSR count). The van der Waals surface area contributed by atoms with E-state index in [2.05, 4.69) is 0 Å². The molecule has 0 unspecified atom stereocenters. The predicted octanol–water partition coefficient (Wildman–Crippen LogP) is 2.07. The third-order valence-corrected chi connectivity index (χ3v) is 1.92. The summed E-state index contributed by atoms with van der Waals surface area (Å²) in [6.07, 6.45) is 0.531. The van der Waals surface area contributed by atoms with Crippen molar-refractivity contribution in [2.24, 2.45) is 0 Å². The SMILES string of the molecule is CCOc1ccc(CC[O])cc1OC. The minimum absolute atomic E-state index is 0.100. The molecule has 3 nitrogen and oxygen atoms in total. The molecular formula is C11H15O3. The summed E-state index contributed by atoms with van der Waals surface area (Å²) >= 11 is 0. The van der Waals surface area contributed by atoms with Crippen molar-refractivity contribution in [3.8, 4) is 11.5 Å². The lowest BCUT2D eigenvalue weighted by Crippen LogP contribution is -1.97. The normalized spacial score (nSPS) is 9.93. The molecule has 77 valence electrons. The van der Waals surface area contributed by atoms with Gasteiger partial charge in [-0.15, -0.1) is 0 Å². The molecule has 0 saturated heterocycles. The van der Waals surface area contributed by atoms with E-state index in [1.807, 2.05) is 25.1 Å². The fraction of sp³-hybridized carbons (Fsp3) is 0.455. The summed E-state index contributed by atoms with van der Waals surface area (Å²) in [5.41, 5.74) is 0.986. The van der Waals surface area contributed by atoms with Gasteiger partial charge in [-0.1, -0.05) is 6.07 Å². The minimum atomic E-state index is -0.100. The van der Waals surface area contributed by atoms with Gasteiger partial charge in [-0.05, 0) is 31.0 Å². The van der Waals surface area contributed by atoms with E-state index in [9.17, 15) is 5.11 Å². The number of rotatable bonds is 5. The van der Waals surface area contributed by atoms with Crippen LogP contribution in [0, 0.1) is 0 Å². The molecule has 0 aromatic heterocycles. The largest absolute Gasteiger partial charge is 0.493 e.